The van der Waals surface area contributed by atoms with Crippen molar-refractivity contribution in [1.82, 2.24) is 24.3 Å². The highest BCUT2D eigenvalue weighted by Crippen LogP contribution is 2.41. The number of aryl methyl sites for hydroxylation is 1. The van der Waals surface area contributed by atoms with Gasteiger partial charge in [0.05, 0.1) is 35.9 Å². The fourth-order valence-corrected chi connectivity index (χ4v) is 7.68. The Morgan fingerprint density at radius 1 is 1.09 bits per heavy atom. The number of aromatic nitrogens is 3. The predicted molar refractivity (Wildman–Crippen MR) is 169 cm³/mol. The fraction of sp³-hybridized carbons (Fsp3) is 0.485. The van der Waals surface area contributed by atoms with Crippen molar-refractivity contribution in [3.8, 4) is 17.3 Å². The molecule has 2 aromatic heterocycles. The number of para-hydroxylation sites is 1. The van der Waals surface area contributed by atoms with E-state index < -0.39 is 11.7 Å². The summed E-state index contributed by atoms with van der Waals surface area (Å²) in [5.74, 6) is 2.27. The molecule has 226 valence electrons. The Balaban J connectivity index is 1.23. The van der Waals surface area contributed by atoms with Gasteiger partial charge < -0.3 is 28.8 Å². The van der Waals surface area contributed by atoms with Gasteiger partial charge in [-0.2, -0.15) is 0 Å². The van der Waals surface area contributed by atoms with E-state index in [-0.39, 0.29) is 23.9 Å². The van der Waals surface area contributed by atoms with E-state index in [1.54, 1.807) is 7.11 Å². The summed E-state index contributed by atoms with van der Waals surface area (Å²) in [5.41, 5.74) is 3.76. The standard InChI is InChI=1S/C33H38BrN5O4/c1-33(2,3)43-32(41)36-27-20-11-12-24(27)39(17-20)31(40)21-13-23-29(26(15-21)42-5)37(4)30(35-23)25-14-19-7-6-8-22(34)28(19)38(25)16-18-9-10-18/h6-8,13-15,18,20,24,27H,9-12,16-17H2,1-5H3,(H,36,41)/t20-,24-,27-/m1/s1. The van der Waals surface area contributed by atoms with Crippen LogP contribution in [-0.4, -0.2) is 62.4 Å². The molecule has 7 rings (SSSR count). The van der Waals surface area contributed by atoms with Crippen LogP contribution in [-0.2, 0) is 18.3 Å². The molecular formula is C33H38BrN5O4. The quantitative estimate of drug-likeness (QED) is 0.258. The molecule has 2 amide bonds. The molecule has 1 aliphatic heterocycles. The lowest BCUT2D eigenvalue weighted by Gasteiger charge is -2.28. The fourth-order valence-electron chi connectivity index (χ4n) is 7.09. The molecule has 2 saturated carbocycles. The van der Waals surface area contributed by atoms with Crippen LogP contribution in [0.4, 0.5) is 4.79 Å². The van der Waals surface area contributed by atoms with Gasteiger partial charge in [-0.3, -0.25) is 4.79 Å². The van der Waals surface area contributed by atoms with Crippen LogP contribution < -0.4 is 10.1 Å². The molecular weight excluding hydrogens is 610 g/mol. The second kappa shape index (κ2) is 10.3. The normalized spacial score (nSPS) is 21.6. The van der Waals surface area contributed by atoms with Crippen molar-refractivity contribution in [3.05, 3.63) is 46.4 Å². The van der Waals surface area contributed by atoms with E-state index in [4.69, 9.17) is 14.5 Å². The number of alkyl carbamates (subject to hydrolysis) is 1. The molecule has 10 heteroatoms. The van der Waals surface area contributed by atoms with Crippen molar-refractivity contribution in [1.29, 1.82) is 0 Å². The smallest absolute Gasteiger partial charge is 0.407 e. The lowest BCUT2D eigenvalue weighted by Crippen LogP contribution is -2.46. The molecule has 3 fully saturated rings. The highest BCUT2D eigenvalue weighted by Gasteiger charge is 2.50. The number of halogens is 1. The molecule has 1 N–H and O–H groups in total. The number of methoxy groups -OCH3 is 1. The largest absolute Gasteiger partial charge is 0.494 e. The van der Waals surface area contributed by atoms with E-state index in [9.17, 15) is 9.59 Å². The van der Waals surface area contributed by atoms with Gasteiger partial charge in [0.1, 0.15) is 16.9 Å². The minimum absolute atomic E-state index is 0.0671. The molecule has 2 aliphatic carbocycles. The molecule has 2 aromatic carbocycles. The minimum atomic E-state index is -0.576. The maximum absolute atomic E-state index is 14.0. The van der Waals surface area contributed by atoms with Gasteiger partial charge in [-0.15, -0.1) is 0 Å². The maximum atomic E-state index is 14.0. The Kier molecular flexibility index (Phi) is 6.76. The number of imidazole rings is 1. The summed E-state index contributed by atoms with van der Waals surface area (Å²) in [6.45, 7) is 7.10. The zero-order valence-electron chi connectivity index (χ0n) is 25.3. The predicted octanol–water partition coefficient (Wildman–Crippen LogP) is 6.50. The van der Waals surface area contributed by atoms with Crippen molar-refractivity contribution >= 4 is 49.9 Å². The Labute approximate surface area is 259 Å². The summed E-state index contributed by atoms with van der Waals surface area (Å²) in [6, 6.07) is 12.0. The lowest BCUT2D eigenvalue weighted by molar-refractivity contribution is 0.0485. The average molecular weight is 649 g/mol. The maximum Gasteiger partial charge on any atom is 0.407 e. The first-order valence-electron chi connectivity index (χ1n) is 15.2. The molecule has 3 aliphatic rings. The van der Waals surface area contributed by atoms with Crippen LogP contribution in [0.15, 0.2) is 40.9 Å². The van der Waals surface area contributed by atoms with E-state index in [1.165, 1.54) is 23.7 Å². The molecule has 9 nitrogen and oxygen atoms in total. The summed E-state index contributed by atoms with van der Waals surface area (Å²) >= 11 is 3.78. The van der Waals surface area contributed by atoms with Crippen LogP contribution in [0, 0.1) is 11.8 Å². The summed E-state index contributed by atoms with van der Waals surface area (Å²) in [6.07, 6.45) is 3.89. The number of fused-ring (bicyclic) bond motifs is 4. The van der Waals surface area contributed by atoms with Gasteiger partial charge >= 0.3 is 6.09 Å². The van der Waals surface area contributed by atoms with Gasteiger partial charge in [-0.1, -0.05) is 12.1 Å². The molecule has 0 unspecified atom stereocenters. The number of piperidine rings is 1. The lowest BCUT2D eigenvalue weighted by atomic mass is 10.1. The molecule has 3 atom stereocenters. The third-order valence-electron chi connectivity index (χ3n) is 9.17. The van der Waals surface area contributed by atoms with Crippen LogP contribution in [0.2, 0.25) is 0 Å². The van der Waals surface area contributed by atoms with Crippen LogP contribution in [0.3, 0.4) is 0 Å². The molecule has 3 heterocycles. The van der Waals surface area contributed by atoms with Crippen molar-refractivity contribution in [3.63, 3.8) is 0 Å². The zero-order chi connectivity index (χ0) is 30.2. The number of amides is 2. The SMILES string of the molecule is COc1cc(C(=O)N2C[C@H]3CC[C@@H]2[C@@H]3NC(=O)OC(C)(C)C)cc2nc(-c3cc4cccc(Br)c4n3CC3CC3)n(C)c12. The van der Waals surface area contributed by atoms with Crippen LogP contribution in [0.25, 0.3) is 33.5 Å². The minimum Gasteiger partial charge on any atom is -0.494 e. The number of rotatable bonds is 6. The van der Waals surface area contributed by atoms with Crippen LogP contribution in [0.5, 0.6) is 5.75 Å². The van der Waals surface area contributed by atoms with Gasteiger partial charge in [0, 0.05) is 35.6 Å². The number of hydrogen-bond acceptors (Lipinski definition) is 5. The van der Waals surface area contributed by atoms with E-state index >= 15 is 0 Å². The monoisotopic (exact) mass is 647 g/mol. The van der Waals surface area contributed by atoms with E-state index in [0.29, 0.717) is 23.8 Å². The number of nitrogens with zero attached hydrogens (tertiary/aromatic N) is 4. The third kappa shape index (κ3) is 4.97. The second-order valence-corrected chi connectivity index (χ2v) is 14.2. The summed E-state index contributed by atoms with van der Waals surface area (Å²) in [5, 5.41) is 4.22. The summed E-state index contributed by atoms with van der Waals surface area (Å²) < 4.78 is 16.9. The number of ether oxygens (including phenoxy) is 2. The summed E-state index contributed by atoms with van der Waals surface area (Å²) in [7, 11) is 3.64. The van der Waals surface area contributed by atoms with Gasteiger partial charge in [-0.05, 0) is 98.5 Å². The van der Waals surface area contributed by atoms with Crippen molar-refractivity contribution in [2.75, 3.05) is 13.7 Å². The highest BCUT2D eigenvalue weighted by atomic mass is 79.9. The van der Waals surface area contributed by atoms with Gasteiger partial charge in [-0.25, -0.2) is 9.78 Å². The molecule has 4 aromatic rings. The Morgan fingerprint density at radius 3 is 2.60 bits per heavy atom. The number of nitrogens with one attached hydrogen (secondary N) is 1. The second-order valence-electron chi connectivity index (χ2n) is 13.3. The van der Waals surface area contributed by atoms with E-state index in [2.05, 4.69) is 54.6 Å². The Morgan fingerprint density at radius 2 is 1.88 bits per heavy atom. The number of carbonyl (C=O) groups is 2. The van der Waals surface area contributed by atoms with Crippen LogP contribution in [0.1, 0.15) is 56.8 Å². The third-order valence-corrected chi connectivity index (χ3v) is 9.81. The molecule has 2 bridgehead atoms. The Hall–Kier alpha value is -3.53. The zero-order valence-corrected chi connectivity index (χ0v) is 26.9. The van der Waals surface area contributed by atoms with E-state index in [1.807, 2.05) is 44.9 Å². The van der Waals surface area contributed by atoms with Gasteiger partial charge in [0.2, 0.25) is 0 Å². The first-order chi connectivity index (χ1) is 20.5. The highest BCUT2D eigenvalue weighted by molar-refractivity contribution is 9.10. The van der Waals surface area contributed by atoms with Crippen molar-refractivity contribution in [2.24, 2.45) is 18.9 Å². The first kappa shape index (κ1) is 28.3. The number of benzene rings is 2. The summed E-state index contributed by atoms with van der Waals surface area (Å²) in [4.78, 5) is 33.6. The number of hydrogen-bond donors (Lipinski definition) is 1. The average Bonchev–Trinajstić information content (AvgIpc) is 3.27. The molecule has 1 saturated heterocycles. The number of likely N-dealkylation sites (tertiary alicyclic amines) is 1. The first-order valence-corrected chi connectivity index (χ1v) is 15.9. The van der Waals surface area contributed by atoms with Gasteiger partial charge in [0.15, 0.2) is 5.82 Å². The van der Waals surface area contributed by atoms with Crippen LogP contribution >= 0.6 is 15.9 Å². The molecule has 0 spiro atoms. The van der Waals surface area contributed by atoms with E-state index in [0.717, 1.165) is 46.4 Å². The topological polar surface area (TPSA) is 90.6 Å². The van der Waals surface area contributed by atoms with Gasteiger partial charge in [0.25, 0.3) is 5.91 Å². The Bertz CT molecular complexity index is 1760. The van der Waals surface area contributed by atoms with Crippen molar-refractivity contribution in [2.45, 2.75) is 70.7 Å². The molecule has 0 radical (unpaired) electrons. The number of carbonyl (C=O) groups excluding carboxylic acids is 2. The van der Waals surface area contributed by atoms with Crippen molar-refractivity contribution < 1.29 is 19.1 Å². The molecule has 43 heavy (non-hydrogen) atoms.